The van der Waals surface area contributed by atoms with E-state index in [2.05, 4.69) is 13.8 Å². The molecule has 2 rings (SSSR count). The maximum absolute atomic E-state index is 11.6. The molecule has 1 aliphatic rings. The van der Waals surface area contributed by atoms with Gasteiger partial charge in [-0.25, -0.2) is 0 Å². The van der Waals surface area contributed by atoms with E-state index in [-0.39, 0.29) is 12.5 Å². The van der Waals surface area contributed by atoms with Gasteiger partial charge in [0.1, 0.15) is 0 Å². The van der Waals surface area contributed by atoms with E-state index in [1.807, 2.05) is 24.3 Å². The maximum Gasteiger partial charge on any atom is 0.317 e. The number of amides is 1. The summed E-state index contributed by atoms with van der Waals surface area (Å²) in [5, 5.41) is 8.74. The number of hydrogen-bond donors (Lipinski definition) is 1. The minimum atomic E-state index is -1.04. The van der Waals surface area contributed by atoms with E-state index in [4.69, 9.17) is 5.11 Å². The summed E-state index contributed by atoms with van der Waals surface area (Å²) >= 11 is 0. The van der Waals surface area contributed by atoms with E-state index in [0.29, 0.717) is 5.92 Å². The molecular formula is C13H15NO3. The highest BCUT2D eigenvalue weighted by Gasteiger charge is 2.42. The highest BCUT2D eigenvalue weighted by atomic mass is 16.4. The first-order valence-corrected chi connectivity index (χ1v) is 5.65. The zero-order valence-electron chi connectivity index (χ0n) is 9.88. The monoisotopic (exact) mass is 233 g/mol. The number of rotatable bonds is 3. The van der Waals surface area contributed by atoms with Crippen molar-refractivity contribution in [1.29, 1.82) is 0 Å². The van der Waals surface area contributed by atoms with Gasteiger partial charge in [0.25, 0.3) is 0 Å². The van der Waals surface area contributed by atoms with Gasteiger partial charge in [-0.2, -0.15) is 0 Å². The Hall–Kier alpha value is -1.84. The Kier molecular flexibility index (Phi) is 2.88. The van der Waals surface area contributed by atoms with Crippen molar-refractivity contribution in [2.75, 3.05) is 11.4 Å². The van der Waals surface area contributed by atoms with E-state index in [1.165, 1.54) is 10.5 Å². The molecule has 1 unspecified atom stereocenters. The van der Waals surface area contributed by atoms with Crippen LogP contribution in [0.2, 0.25) is 0 Å². The van der Waals surface area contributed by atoms with Gasteiger partial charge in [-0.05, 0) is 23.6 Å². The quantitative estimate of drug-likeness (QED) is 0.640. The van der Waals surface area contributed by atoms with Gasteiger partial charge in [-0.1, -0.05) is 26.0 Å². The van der Waals surface area contributed by atoms with Gasteiger partial charge in [0, 0.05) is 12.2 Å². The Morgan fingerprint density at radius 2 is 1.94 bits per heavy atom. The Morgan fingerprint density at radius 1 is 1.35 bits per heavy atom. The Bertz CT molecular complexity index is 450. The molecule has 4 heteroatoms. The van der Waals surface area contributed by atoms with Crippen LogP contribution in [0.3, 0.4) is 0 Å². The predicted molar refractivity (Wildman–Crippen MR) is 64.0 cm³/mol. The van der Waals surface area contributed by atoms with Crippen LogP contribution in [0.5, 0.6) is 0 Å². The van der Waals surface area contributed by atoms with Crippen molar-refractivity contribution in [2.24, 2.45) is 5.92 Å². The summed E-state index contributed by atoms with van der Waals surface area (Å²) in [6.07, 6.45) is 0. The second-order valence-corrected chi connectivity index (χ2v) is 4.59. The van der Waals surface area contributed by atoms with E-state index in [0.717, 1.165) is 5.69 Å². The molecule has 1 heterocycles. The number of carboxylic acids is 1. The van der Waals surface area contributed by atoms with Crippen molar-refractivity contribution in [3.05, 3.63) is 29.8 Å². The average Bonchev–Trinajstić information content (AvgIpc) is 2.27. The minimum Gasteiger partial charge on any atom is -0.481 e. The lowest BCUT2D eigenvalue weighted by Gasteiger charge is -2.36. The first-order valence-electron chi connectivity index (χ1n) is 5.65. The SMILES string of the molecule is CC(C)c1ccc(N2CC(C(=O)O)C2=O)cc1. The molecule has 0 spiro atoms. The number of nitrogens with zero attached hydrogens (tertiary/aromatic N) is 1. The maximum atomic E-state index is 11.6. The molecule has 1 saturated heterocycles. The fraction of sp³-hybridized carbons (Fsp3) is 0.385. The van der Waals surface area contributed by atoms with Crippen LogP contribution >= 0.6 is 0 Å². The van der Waals surface area contributed by atoms with Gasteiger partial charge in [0.15, 0.2) is 5.92 Å². The van der Waals surface area contributed by atoms with Crippen molar-refractivity contribution in [3.8, 4) is 0 Å². The number of carbonyl (C=O) groups is 2. The van der Waals surface area contributed by atoms with Crippen LogP contribution in [-0.4, -0.2) is 23.5 Å². The standard InChI is InChI=1S/C13H15NO3/c1-8(2)9-3-5-10(6-4-9)14-7-11(12(14)15)13(16)17/h3-6,8,11H,7H2,1-2H3,(H,16,17). The van der Waals surface area contributed by atoms with Crippen LogP contribution in [0.15, 0.2) is 24.3 Å². The van der Waals surface area contributed by atoms with Crippen LogP contribution in [0.4, 0.5) is 5.69 Å². The molecule has 0 aromatic heterocycles. The lowest BCUT2D eigenvalue weighted by molar-refractivity contribution is -0.149. The van der Waals surface area contributed by atoms with Crippen LogP contribution in [0, 0.1) is 5.92 Å². The highest BCUT2D eigenvalue weighted by molar-refractivity contribution is 6.12. The van der Waals surface area contributed by atoms with Crippen molar-refractivity contribution in [2.45, 2.75) is 19.8 Å². The van der Waals surface area contributed by atoms with Crippen LogP contribution in [0.25, 0.3) is 0 Å². The third-order valence-corrected chi connectivity index (χ3v) is 3.10. The minimum absolute atomic E-state index is 0.273. The van der Waals surface area contributed by atoms with Gasteiger partial charge in [-0.3, -0.25) is 9.59 Å². The topological polar surface area (TPSA) is 57.6 Å². The second-order valence-electron chi connectivity index (χ2n) is 4.59. The van der Waals surface area contributed by atoms with Gasteiger partial charge in [0.2, 0.25) is 5.91 Å². The molecule has 0 aliphatic carbocycles. The number of carboxylic acid groups (broad SMARTS) is 1. The number of benzene rings is 1. The second kappa shape index (κ2) is 4.20. The van der Waals surface area contributed by atoms with E-state index >= 15 is 0 Å². The molecule has 90 valence electrons. The van der Waals surface area contributed by atoms with Crippen molar-refractivity contribution in [3.63, 3.8) is 0 Å². The largest absolute Gasteiger partial charge is 0.481 e. The Labute approximate surface area is 99.9 Å². The number of aliphatic carboxylic acids is 1. The molecule has 0 bridgehead atoms. The molecule has 0 saturated carbocycles. The first-order chi connectivity index (χ1) is 8.00. The lowest BCUT2D eigenvalue weighted by atomic mass is 9.97. The van der Waals surface area contributed by atoms with Gasteiger partial charge in [0.05, 0.1) is 0 Å². The predicted octanol–water partition coefficient (Wildman–Crippen LogP) is 1.86. The molecule has 1 atom stereocenters. The van der Waals surface area contributed by atoms with Crippen molar-refractivity contribution >= 4 is 17.6 Å². The number of anilines is 1. The molecule has 4 nitrogen and oxygen atoms in total. The smallest absolute Gasteiger partial charge is 0.317 e. The number of carbonyl (C=O) groups excluding carboxylic acids is 1. The van der Waals surface area contributed by atoms with Crippen LogP contribution < -0.4 is 4.90 Å². The number of hydrogen-bond acceptors (Lipinski definition) is 2. The van der Waals surface area contributed by atoms with Crippen LogP contribution in [-0.2, 0) is 9.59 Å². The molecule has 1 aromatic carbocycles. The lowest BCUT2D eigenvalue weighted by Crippen LogP contribution is -2.56. The molecule has 1 aromatic rings. The highest BCUT2D eigenvalue weighted by Crippen LogP contribution is 2.27. The Balaban J connectivity index is 2.10. The van der Waals surface area contributed by atoms with E-state index < -0.39 is 11.9 Å². The summed E-state index contributed by atoms with van der Waals surface area (Å²) < 4.78 is 0. The fourth-order valence-corrected chi connectivity index (χ4v) is 1.88. The van der Waals surface area contributed by atoms with Crippen LogP contribution in [0.1, 0.15) is 25.3 Å². The summed E-state index contributed by atoms with van der Waals surface area (Å²) in [5.41, 5.74) is 1.98. The molecule has 1 N–H and O–H groups in total. The Morgan fingerprint density at radius 3 is 2.35 bits per heavy atom. The van der Waals surface area contributed by atoms with E-state index in [9.17, 15) is 9.59 Å². The number of β-lactam (4-membered cyclic amide) rings is 1. The van der Waals surface area contributed by atoms with Gasteiger partial charge >= 0.3 is 5.97 Å². The summed E-state index contributed by atoms with van der Waals surface area (Å²) in [6.45, 7) is 4.48. The third kappa shape index (κ3) is 2.02. The molecule has 17 heavy (non-hydrogen) atoms. The van der Waals surface area contributed by atoms with Crippen molar-refractivity contribution < 1.29 is 14.7 Å². The summed E-state index contributed by atoms with van der Waals surface area (Å²) in [4.78, 5) is 23.7. The molecule has 1 amide bonds. The molecule has 1 fully saturated rings. The molecular weight excluding hydrogens is 218 g/mol. The molecule has 1 aliphatic heterocycles. The van der Waals surface area contributed by atoms with Gasteiger partial charge in [-0.15, -0.1) is 0 Å². The molecule has 0 radical (unpaired) electrons. The summed E-state index contributed by atoms with van der Waals surface area (Å²) in [6, 6.07) is 7.68. The zero-order valence-corrected chi connectivity index (χ0v) is 9.88. The normalized spacial score (nSPS) is 19.4. The first kappa shape index (κ1) is 11.6. The summed E-state index contributed by atoms with van der Waals surface area (Å²) in [5.74, 6) is -1.78. The van der Waals surface area contributed by atoms with Gasteiger partial charge < -0.3 is 10.0 Å². The van der Waals surface area contributed by atoms with Crippen molar-refractivity contribution in [1.82, 2.24) is 0 Å². The van der Waals surface area contributed by atoms with E-state index in [1.54, 1.807) is 0 Å². The third-order valence-electron chi connectivity index (χ3n) is 3.10. The zero-order chi connectivity index (χ0) is 12.6. The summed E-state index contributed by atoms with van der Waals surface area (Å²) in [7, 11) is 0. The average molecular weight is 233 g/mol. The fourth-order valence-electron chi connectivity index (χ4n) is 1.88.